The minimum absolute atomic E-state index is 0.0393. The number of hydrogen-bond donors (Lipinski definition) is 3. The first-order valence-corrected chi connectivity index (χ1v) is 8.15. The maximum absolute atomic E-state index is 12.4. The van der Waals surface area contributed by atoms with E-state index in [1.165, 1.54) is 23.8 Å². The zero-order chi connectivity index (χ0) is 19.1. The Morgan fingerprint density at radius 1 is 1.50 bits per heavy atom. The summed E-state index contributed by atoms with van der Waals surface area (Å²) in [6.45, 7) is 4.69. The molecule has 0 amide bonds. The van der Waals surface area contributed by atoms with Gasteiger partial charge in [-0.05, 0) is 20.8 Å². The van der Waals surface area contributed by atoms with Gasteiger partial charge in [0.2, 0.25) is 0 Å². The molecule has 3 heterocycles. The van der Waals surface area contributed by atoms with Crippen molar-refractivity contribution in [2.75, 3.05) is 12.1 Å². The molecule has 0 bridgehead atoms. The van der Waals surface area contributed by atoms with Crippen LogP contribution in [0.3, 0.4) is 0 Å². The molecule has 0 unspecified atom stereocenters. The molecule has 0 saturated carbocycles. The van der Waals surface area contributed by atoms with Crippen molar-refractivity contribution < 1.29 is 28.9 Å². The topological polar surface area (TPSA) is 147 Å². The second kappa shape index (κ2) is 6.93. The Morgan fingerprint density at radius 3 is 2.81 bits per heavy atom. The van der Waals surface area contributed by atoms with Crippen LogP contribution in [0.15, 0.2) is 17.1 Å². The number of nitrogens with two attached hydrogens (primary N) is 1. The molecule has 2 fully saturated rings. The first kappa shape index (κ1) is 18.7. The van der Waals surface area contributed by atoms with Crippen LogP contribution in [0.1, 0.15) is 27.0 Å². The smallest absolute Gasteiger partial charge is 0.351 e. The van der Waals surface area contributed by atoms with Crippen molar-refractivity contribution in [1.29, 1.82) is 0 Å². The number of nitrogens with one attached hydrogen (secondary N) is 1. The summed E-state index contributed by atoms with van der Waals surface area (Å²) in [7, 11) is 0. The monoisotopic (exact) mass is 370 g/mol. The molecule has 26 heavy (non-hydrogen) atoms. The Labute approximate surface area is 148 Å². The Hall–Kier alpha value is -2.05. The van der Waals surface area contributed by atoms with Crippen LogP contribution in [0.4, 0.5) is 5.82 Å². The maximum Gasteiger partial charge on any atom is 0.351 e. The Balaban J connectivity index is 1.77. The minimum Gasteiger partial charge on any atom is -0.394 e. The molecule has 0 spiro atoms. The SMILES string of the molecule is C[C@@H](N)C(=O)ONc1ccn([C@@H]2O[C@H](CO)[C@H]3OC(C)(C)O[C@H]32)c(=O)n1. The Bertz CT molecular complexity index is 735. The highest BCUT2D eigenvalue weighted by atomic mass is 16.8. The highest BCUT2D eigenvalue weighted by Crippen LogP contribution is 2.42. The summed E-state index contributed by atoms with van der Waals surface area (Å²) in [5.74, 6) is -1.50. The average molecular weight is 370 g/mol. The molecule has 5 atom stereocenters. The zero-order valence-electron chi connectivity index (χ0n) is 14.6. The first-order valence-electron chi connectivity index (χ1n) is 8.15. The summed E-state index contributed by atoms with van der Waals surface area (Å²) < 4.78 is 18.5. The van der Waals surface area contributed by atoms with Crippen LogP contribution >= 0.6 is 0 Å². The van der Waals surface area contributed by atoms with Crippen LogP contribution in [-0.4, -0.2) is 57.4 Å². The van der Waals surface area contributed by atoms with E-state index in [2.05, 4.69) is 10.5 Å². The average Bonchev–Trinajstić information content (AvgIpc) is 3.05. The van der Waals surface area contributed by atoms with E-state index < -0.39 is 48.0 Å². The predicted octanol–water partition coefficient (Wildman–Crippen LogP) is -1.13. The summed E-state index contributed by atoms with van der Waals surface area (Å²) in [5, 5.41) is 9.50. The Morgan fingerprint density at radius 2 is 2.19 bits per heavy atom. The van der Waals surface area contributed by atoms with Crippen LogP contribution in [0, 0.1) is 0 Å². The fraction of sp³-hybridized carbons (Fsp3) is 0.667. The number of aromatic nitrogens is 2. The second-order valence-corrected chi connectivity index (χ2v) is 6.63. The van der Waals surface area contributed by atoms with Gasteiger partial charge in [-0.1, -0.05) is 0 Å². The van der Waals surface area contributed by atoms with Gasteiger partial charge in [0.05, 0.1) is 6.61 Å². The lowest BCUT2D eigenvalue weighted by Crippen LogP contribution is -2.35. The number of fused-ring (bicyclic) bond motifs is 1. The van der Waals surface area contributed by atoms with Gasteiger partial charge in [0.25, 0.3) is 0 Å². The quantitative estimate of drug-likeness (QED) is 0.544. The van der Waals surface area contributed by atoms with E-state index in [0.717, 1.165) is 0 Å². The molecule has 11 heteroatoms. The third kappa shape index (κ3) is 3.57. The summed E-state index contributed by atoms with van der Waals surface area (Å²) in [5.41, 5.74) is 6.99. The highest BCUT2D eigenvalue weighted by Gasteiger charge is 2.55. The fourth-order valence-corrected chi connectivity index (χ4v) is 2.89. The molecule has 144 valence electrons. The molecule has 2 aliphatic heterocycles. The molecular formula is C15H22N4O7. The van der Waals surface area contributed by atoms with Gasteiger partial charge in [0.1, 0.15) is 24.4 Å². The summed E-state index contributed by atoms with van der Waals surface area (Å²) in [6, 6.07) is 0.617. The largest absolute Gasteiger partial charge is 0.394 e. The van der Waals surface area contributed by atoms with E-state index in [1.54, 1.807) is 13.8 Å². The number of aliphatic hydroxyl groups is 1. The van der Waals surface area contributed by atoms with E-state index in [4.69, 9.17) is 24.8 Å². The van der Waals surface area contributed by atoms with Crippen LogP contribution in [0.5, 0.6) is 0 Å². The number of rotatable bonds is 5. The van der Waals surface area contributed by atoms with E-state index in [0.29, 0.717) is 0 Å². The van der Waals surface area contributed by atoms with E-state index in [9.17, 15) is 14.7 Å². The van der Waals surface area contributed by atoms with Crippen molar-refractivity contribution >= 4 is 11.8 Å². The van der Waals surface area contributed by atoms with Crippen molar-refractivity contribution in [3.8, 4) is 0 Å². The maximum atomic E-state index is 12.4. The Kier molecular flexibility index (Phi) is 4.99. The van der Waals surface area contributed by atoms with E-state index >= 15 is 0 Å². The van der Waals surface area contributed by atoms with Crippen molar-refractivity contribution in [3.63, 3.8) is 0 Å². The van der Waals surface area contributed by atoms with Crippen molar-refractivity contribution in [1.82, 2.24) is 9.55 Å². The lowest BCUT2D eigenvalue weighted by molar-refractivity contribution is -0.200. The summed E-state index contributed by atoms with van der Waals surface area (Å²) >= 11 is 0. The summed E-state index contributed by atoms with van der Waals surface area (Å²) in [6.07, 6.45) is -1.08. The number of carbonyl (C=O) groups is 1. The lowest BCUT2D eigenvalue weighted by Gasteiger charge is -2.24. The van der Waals surface area contributed by atoms with Gasteiger partial charge in [-0.15, -0.1) is 0 Å². The van der Waals surface area contributed by atoms with Gasteiger partial charge in [-0.2, -0.15) is 4.98 Å². The lowest BCUT2D eigenvalue weighted by atomic mass is 10.1. The molecule has 11 nitrogen and oxygen atoms in total. The van der Waals surface area contributed by atoms with E-state index in [-0.39, 0.29) is 12.4 Å². The molecule has 4 N–H and O–H groups in total. The minimum atomic E-state index is -0.851. The van der Waals surface area contributed by atoms with Gasteiger partial charge >= 0.3 is 11.7 Å². The van der Waals surface area contributed by atoms with Gasteiger partial charge < -0.3 is 29.9 Å². The number of ether oxygens (including phenoxy) is 3. The molecule has 2 saturated heterocycles. The van der Waals surface area contributed by atoms with E-state index in [1.807, 2.05) is 0 Å². The molecular weight excluding hydrogens is 348 g/mol. The number of hydrogen-bond acceptors (Lipinski definition) is 10. The molecule has 2 aliphatic rings. The van der Waals surface area contributed by atoms with Gasteiger partial charge in [-0.3, -0.25) is 4.57 Å². The standard InChI is InChI=1S/C15H22N4O7/c1-7(16)13(21)26-18-9-4-5-19(14(22)17-9)12-11-10(8(6-20)23-12)24-15(2,3)25-11/h4-5,7-8,10-12,20H,6,16H2,1-3H3,(H,17,18,22)/t7-,8-,10-,11-,12-/m1/s1. The molecule has 0 aliphatic carbocycles. The van der Waals surface area contributed by atoms with Gasteiger partial charge in [0.15, 0.2) is 17.8 Å². The van der Waals surface area contributed by atoms with Crippen molar-refractivity contribution in [2.45, 2.75) is 57.1 Å². The molecule has 1 aromatic rings. The number of nitrogens with zero attached hydrogens (tertiary/aromatic N) is 2. The van der Waals surface area contributed by atoms with Gasteiger partial charge in [-0.25, -0.2) is 15.1 Å². The van der Waals surface area contributed by atoms with Gasteiger partial charge in [0, 0.05) is 12.3 Å². The fourth-order valence-electron chi connectivity index (χ4n) is 2.89. The second-order valence-electron chi connectivity index (χ2n) is 6.63. The molecule has 0 aromatic carbocycles. The van der Waals surface area contributed by atoms with Crippen LogP contribution in [0.2, 0.25) is 0 Å². The normalized spacial score (nSPS) is 30.7. The van der Waals surface area contributed by atoms with Crippen LogP contribution in [-0.2, 0) is 23.8 Å². The predicted molar refractivity (Wildman–Crippen MR) is 86.7 cm³/mol. The molecule has 1 aromatic heterocycles. The molecule has 3 rings (SSSR count). The van der Waals surface area contributed by atoms with Crippen molar-refractivity contribution in [3.05, 3.63) is 22.7 Å². The highest BCUT2D eigenvalue weighted by molar-refractivity contribution is 5.75. The number of anilines is 1. The summed E-state index contributed by atoms with van der Waals surface area (Å²) in [4.78, 5) is 32.2. The molecule has 0 radical (unpaired) electrons. The third-order valence-corrected chi connectivity index (χ3v) is 4.04. The first-order chi connectivity index (χ1) is 12.2. The van der Waals surface area contributed by atoms with Crippen molar-refractivity contribution in [2.24, 2.45) is 5.73 Å². The zero-order valence-corrected chi connectivity index (χ0v) is 14.6. The number of carbonyl (C=O) groups excluding carboxylic acids is 1. The van der Waals surface area contributed by atoms with Crippen LogP contribution in [0.25, 0.3) is 0 Å². The van der Waals surface area contributed by atoms with Crippen LogP contribution < -0.4 is 16.9 Å². The number of aliphatic hydroxyl groups excluding tert-OH is 1. The third-order valence-electron chi connectivity index (χ3n) is 4.04.